The molecular weight excluding hydrogens is 312 g/mol. The molecular formula is C16H24N4O4. The lowest BCUT2D eigenvalue weighted by Gasteiger charge is -2.25. The number of methoxy groups -OCH3 is 1. The van der Waals surface area contributed by atoms with Gasteiger partial charge in [0.15, 0.2) is 0 Å². The Balaban J connectivity index is 1.93. The molecule has 1 atom stereocenters. The number of hydrogen-bond acceptors (Lipinski definition) is 6. The van der Waals surface area contributed by atoms with Crippen LogP contribution in [0.15, 0.2) is 18.5 Å². The first kappa shape index (κ1) is 18.1. The fraction of sp³-hybridized carbons (Fsp3) is 0.625. The normalized spacial score (nSPS) is 16.7. The van der Waals surface area contributed by atoms with E-state index in [9.17, 15) is 9.59 Å². The smallest absolute Gasteiger partial charge is 0.409 e. The third-order valence-corrected chi connectivity index (χ3v) is 3.96. The molecule has 2 heterocycles. The molecule has 132 valence electrons. The third kappa shape index (κ3) is 5.16. The molecule has 1 aliphatic rings. The average Bonchev–Trinajstić information content (AvgIpc) is 3.12. The van der Waals surface area contributed by atoms with Crippen molar-refractivity contribution in [1.82, 2.24) is 15.1 Å². The van der Waals surface area contributed by atoms with Gasteiger partial charge in [-0.05, 0) is 25.3 Å². The molecule has 1 aromatic rings. The maximum Gasteiger partial charge on any atom is 0.409 e. The Kier molecular flexibility index (Phi) is 6.92. The van der Waals surface area contributed by atoms with Gasteiger partial charge in [-0.3, -0.25) is 4.79 Å². The Hall–Kier alpha value is -2.22. The first-order valence-electron chi connectivity index (χ1n) is 8.09. The Bertz CT molecular complexity index is 534. The minimum Gasteiger partial charge on any atom is -0.453 e. The van der Waals surface area contributed by atoms with E-state index in [1.54, 1.807) is 30.4 Å². The van der Waals surface area contributed by atoms with Crippen LogP contribution in [0.1, 0.15) is 25.7 Å². The minimum atomic E-state index is -0.406. The molecule has 1 saturated heterocycles. The first-order valence-corrected chi connectivity index (χ1v) is 8.09. The second kappa shape index (κ2) is 9.17. The number of carbonyl (C=O) groups excluding carboxylic acids is 2. The topological polar surface area (TPSA) is 84.9 Å². The summed E-state index contributed by atoms with van der Waals surface area (Å²) >= 11 is 0. The summed E-state index contributed by atoms with van der Waals surface area (Å²) in [6.45, 7) is 1.71. The summed E-state index contributed by atoms with van der Waals surface area (Å²) in [7, 11) is 2.98. The molecule has 1 aliphatic heterocycles. The van der Waals surface area contributed by atoms with Crippen molar-refractivity contribution < 1.29 is 19.1 Å². The Morgan fingerprint density at radius 1 is 1.42 bits per heavy atom. The summed E-state index contributed by atoms with van der Waals surface area (Å²) in [6.07, 6.45) is 5.65. The van der Waals surface area contributed by atoms with Crippen molar-refractivity contribution in [2.45, 2.75) is 31.8 Å². The summed E-state index contributed by atoms with van der Waals surface area (Å²) in [4.78, 5) is 27.1. The predicted octanol–water partition coefficient (Wildman–Crippen LogP) is 1.47. The minimum absolute atomic E-state index is 0.0169. The molecule has 1 aromatic heterocycles. The molecule has 0 radical (unpaired) electrons. The summed E-state index contributed by atoms with van der Waals surface area (Å²) in [5.74, 6) is -0.0169. The van der Waals surface area contributed by atoms with Crippen molar-refractivity contribution in [3.05, 3.63) is 18.5 Å². The molecule has 2 amide bonds. The highest BCUT2D eigenvalue weighted by Crippen LogP contribution is 2.19. The van der Waals surface area contributed by atoms with E-state index in [1.807, 2.05) is 0 Å². The predicted molar refractivity (Wildman–Crippen MR) is 87.6 cm³/mol. The van der Waals surface area contributed by atoms with Gasteiger partial charge in [0.2, 0.25) is 5.91 Å². The second-order valence-corrected chi connectivity index (χ2v) is 5.74. The Labute approximate surface area is 141 Å². The van der Waals surface area contributed by atoms with Crippen LogP contribution in [0.4, 0.5) is 10.5 Å². The van der Waals surface area contributed by atoms with Crippen LogP contribution in [0.2, 0.25) is 0 Å². The Morgan fingerprint density at radius 3 is 2.88 bits per heavy atom. The number of hydrogen-bond donors (Lipinski definition) is 0. The van der Waals surface area contributed by atoms with Crippen molar-refractivity contribution in [2.75, 3.05) is 38.8 Å². The van der Waals surface area contributed by atoms with E-state index < -0.39 is 6.09 Å². The highest BCUT2D eigenvalue weighted by atomic mass is 16.5. The number of rotatable bonds is 7. The zero-order valence-electron chi connectivity index (χ0n) is 14.2. The molecule has 0 aliphatic carbocycles. The lowest BCUT2D eigenvalue weighted by atomic mass is 10.2. The van der Waals surface area contributed by atoms with Crippen molar-refractivity contribution in [1.29, 1.82) is 0 Å². The van der Waals surface area contributed by atoms with Gasteiger partial charge in [0.25, 0.3) is 0 Å². The van der Waals surface area contributed by atoms with Crippen LogP contribution in [0.5, 0.6) is 0 Å². The van der Waals surface area contributed by atoms with Gasteiger partial charge in [0.1, 0.15) is 0 Å². The zero-order valence-corrected chi connectivity index (χ0v) is 14.2. The molecule has 1 unspecified atom stereocenters. The Morgan fingerprint density at radius 2 is 2.25 bits per heavy atom. The third-order valence-electron chi connectivity index (χ3n) is 3.96. The summed E-state index contributed by atoms with van der Waals surface area (Å²) in [5.41, 5.74) is 0.715. The monoisotopic (exact) mass is 336 g/mol. The standard InChI is InChI=1S/C16H24N4O4/c1-19(16(22)23-2)9-3-6-15(21)20(12-14-5-4-10-24-14)13-7-8-17-18-11-13/h7-8,11,14H,3-6,9-10,12H2,1-2H3. The van der Waals surface area contributed by atoms with E-state index in [-0.39, 0.29) is 12.0 Å². The highest BCUT2D eigenvalue weighted by molar-refractivity contribution is 5.93. The molecule has 0 bridgehead atoms. The lowest BCUT2D eigenvalue weighted by Crippen LogP contribution is -2.38. The molecule has 0 aromatic carbocycles. The van der Waals surface area contributed by atoms with Crippen LogP contribution in [0.25, 0.3) is 0 Å². The number of ether oxygens (including phenoxy) is 2. The van der Waals surface area contributed by atoms with Gasteiger partial charge >= 0.3 is 6.09 Å². The zero-order chi connectivity index (χ0) is 17.4. The van der Waals surface area contributed by atoms with Crippen LogP contribution in [0, 0.1) is 0 Å². The van der Waals surface area contributed by atoms with E-state index in [1.165, 1.54) is 12.0 Å². The number of aromatic nitrogens is 2. The van der Waals surface area contributed by atoms with Crippen LogP contribution >= 0.6 is 0 Å². The lowest BCUT2D eigenvalue weighted by molar-refractivity contribution is -0.119. The quantitative estimate of drug-likeness (QED) is 0.749. The molecule has 1 fully saturated rings. The number of carbonyl (C=O) groups is 2. The van der Waals surface area contributed by atoms with Gasteiger partial charge in [0.05, 0.1) is 37.8 Å². The van der Waals surface area contributed by atoms with Gasteiger partial charge in [-0.1, -0.05) is 0 Å². The fourth-order valence-corrected chi connectivity index (χ4v) is 2.64. The summed E-state index contributed by atoms with van der Waals surface area (Å²) < 4.78 is 10.3. The van der Waals surface area contributed by atoms with E-state index >= 15 is 0 Å². The maximum absolute atomic E-state index is 12.6. The van der Waals surface area contributed by atoms with Gasteiger partial charge in [-0.25, -0.2) is 4.79 Å². The van der Waals surface area contributed by atoms with Gasteiger partial charge in [0, 0.05) is 26.6 Å². The van der Waals surface area contributed by atoms with E-state index in [2.05, 4.69) is 14.9 Å². The summed E-state index contributed by atoms with van der Waals surface area (Å²) in [5, 5.41) is 7.61. The highest BCUT2D eigenvalue weighted by Gasteiger charge is 2.24. The summed E-state index contributed by atoms with van der Waals surface area (Å²) in [6, 6.07) is 1.76. The first-order chi connectivity index (χ1) is 11.6. The van der Waals surface area contributed by atoms with E-state index in [4.69, 9.17) is 4.74 Å². The molecule has 0 spiro atoms. The second-order valence-electron chi connectivity index (χ2n) is 5.74. The largest absolute Gasteiger partial charge is 0.453 e. The molecule has 2 rings (SSSR count). The average molecular weight is 336 g/mol. The molecule has 24 heavy (non-hydrogen) atoms. The van der Waals surface area contributed by atoms with E-state index in [0.717, 1.165) is 19.4 Å². The van der Waals surface area contributed by atoms with Crippen molar-refractivity contribution in [3.8, 4) is 0 Å². The van der Waals surface area contributed by atoms with Gasteiger partial charge < -0.3 is 19.3 Å². The van der Waals surface area contributed by atoms with Crippen LogP contribution in [-0.2, 0) is 14.3 Å². The number of amides is 2. The van der Waals surface area contributed by atoms with Crippen molar-refractivity contribution in [2.24, 2.45) is 0 Å². The SMILES string of the molecule is COC(=O)N(C)CCCC(=O)N(CC1CCCO1)c1ccnnc1. The van der Waals surface area contributed by atoms with Crippen molar-refractivity contribution in [3.63, 3.8) is 0 Å². The number of anilines is 1. The van der Waals surface area contributed by atoms with E-state index in [0.29, 0.717) is 31.6 Å². The van der Waals surface area contributed by atoms with Crippen LogP contribution < -0.4 is 4.90 Å². The molecule has 0 saturated carbocycles. The molecule has 0 N–H and O–H groups in total. The molecule has 8 nitrogen and oxygen atoms in total. The van der Waals surface area contributed by atoms with Gasteiger partial charge in [-0.15, -0.1) is 0 Å². The van der Waals surface area contributed by atoms with Crippen LogP contribution in [-0.4, -0.2) is 67.1 Å². The fourth-order valence-electron chi connectivity index (χ4n) is 2.64. The van der Waals surface area contributed by atoms with Crippen LogP contribution in [0.3, 0.4) is 0 Å². The number of nitrogens with zero attached hydrogens (tertiary/aromatic N) is 4. The van der Waals surface area contributed by atoms with Crippen molar-refractivity contribution >= 4 is 17.7 Å². The van der Waals surface area contributed by atoms with Gasteiger partial charge in [-0.2, -0.15) is 10.2 Å². The molecule has 8 heteroatoms. The maximum atomic E-state index is 12.6.